The smallest absolute Gasteiger partial charge is 0.184 e. The summed E-state index contributed by atoms with van der Waals surface area (Å²) in [6.07, 6.45) is -5.38. The summed E-state index contributed by atoms with van der Waals surface area (Å²) in [4.78, 5) is 0. The van der Waals surface area contributed by atoms with Gasteiger partial charge in [-0.15, -0.1) is 0 Å². The van der Waals surface area contributed by atoms with Crippen LogP contribution in [0.25, 0.3) is 0 Å². The predicted octanol–water partition coefficient (Wildman–Crippen LogP) is -2.02. The van der Waals surface area contributed by atoms with Gasteiger partial charge in [-0.3, -0.25) is 0 Å². The van der Waals surface area contributed by atoms with E-state index < -0.39 is 30.2 Å². The molecule has 1 aliphatic rings. The Labute approximate surface area is 67.8 Å². The van der Waals surface area contributed by atoms with Crippen LogP contribution in [-0.4, -0.2) is 50.6 Å². The van der Waals surface area contributed by atoms with Gasteiger partial charge in [0.15, 0.2) is 11.9 Å². The summed E-state index contributed by atoms with van der Waals surface area (Å²) in [7, 11) is 0. The highest BCUT2D eigenvalue weighted by Crippen LogP contribution is 2.23. The molecule has 11 heavy (non-hydrogen) atoms. The van der Waals surface area contributed by atoms with Crippen LogP contribution in [0.5, 0.6) is 0 Å². The van der Waals surface area contributed by atoms with Crippen LogP contribution in [0.15, 0.2) is 0 Å². The van der Waals surface area contributed by atoms with E-state index >= 15 is 0 Å². The molecule has 0 aromatic heterocycles. The normalized spacial score (nSPS) is 47.7. The average Bonchev–Trinajstić information content (AvgIpc) is 2.17. The van der Waals surface area contributed by atoms with Gasteiger partial charge in [-0.05, 0) is 0 Å². The number of halogens is 1. The molecule has 0 aromatic rings. The quantitative estimate of drug-likeness (QED) is 0.354. The van der Waals surface area contributed by atoms with E-state index in [4.69, 9.17) is 32.0 Å². The van der Waals surface area contributed by atoms with E-state index in [1.807, 2.05) is 0 Å². The van der Waals surface area contributed by atoms with Crippen LogP contribution < -0.4 is 0 Å². The van der Waals surface area contributed by atoms with Crippen molar-refractivity contribution in [3.63, 3.8) is 0 Å². The second-order valence-electron chi connectivity index (χ2n) is 2.35. The Morgan fingerprint density at radius 3 is 1.91 bits per heavy atom. The van der Waals surface area contributed by atoms with Crippen molar-refractivity contribution in [2.45, 2.75) is 30.2 Å². The summed E-state index contributed by atoms with van der Waals surface area (Å²) in [5, 5.41) is 35.4. The fraction of sp³-hybridized carbons (Fsp3) is 1.00. The summed E-state index contributed by atoms with van der Waals surface area (Å²) in [5.74, 6) is 0. The Kier molecular flexibility index (Phi) is 2.69. The van der Waals surface area contributed by atoms with E-state index in [1.54, 1.807) is 0 Å². The zero-order chi connectivity index (χ0) is 8.59. The standard InChI is InChI=1S/C5H9ClO5/c6-4(9)3-1(7)2(8)5(10)11-3/h1-5,7-10H/t1-,2-,3+,4?,5+/m1/s1. The van der Waals surface area contributed by atoms with E-state index in [2.05, 4.69) is 4.74 Å². The number of aliphatic hydroxyl groups is 4. The van der Waals surface area contributed by atoms with Crippen LogP contribution >= 0.6 is 11.6 Å². The van der Waals surface area contributed by atoms with Gasteiger partial charge in [0.25, 0.3) is 0 Å². The molecule has 4 N–H and O–H groups in total. The Morgan fingerprint density at radius 1 is 1.18 bits per heavy atom. The Morgan fingerprint density at radius 2 is 1.73 bits per heavy atom. The maximum atomic E-state index is 9.02. The molecule has 1 heterocycles. The minimum atomic E-state index is -1.48. The third-order valence-electron chi connectivity index (χ3n) is 1.55. The van der Waals surface area contributed by atoms with E-state index in [-0.39, 0.29) is 0 Å². The van der Waals surface area contributed by atoms with E-state index in [1.165, 1.54) is 0 Å². The minimum Gasteiger partial charge on any atom is -0.387 e. The monoisotopic (exact) mass is 184 g/mol. The lowest BCUT2D eigenvalue weighted by Crippen LogP contribution is -2.36. The summed E-state index contributed by atoms with van der Waals surface area (Å²) >= 11 is 5.16. The van der Waals surface area contributed by atoms with Gasteiger partial charge in [0.05, 0.1) is 0 Å². The first kappa shape index (κ1) is 9.18. The van der Waals surface area contributed by atoms with Gasteiger partial charge < -0.3 is 25.2 Å². The molecule has 6 heteroatoms. The maximum absolute atomic E-state index is 9.02. The molecule has 0 aliphatic carbocycles. The molecular formula is C5H9ClO5. The fourth-order valence-electron chi connectivity index (χ4n) is 0.913. The highest BCUT2D eigenvalue weighted by atomic mass is 35.5. The molecule has 1 fully saturated rings. The van der Waals surface area contributed by atoms with Crippen molar-refractivity contribution in [2.75, 3.05) is 0 Å². The zero-order valence-corrected chi connectivity index (χ0v) is 6.22. The van der Waals surface area contributed by atoms with E-state index in [0.29, 0.717) is 0 Å². The second-order valence-corrected chi connectivity index (χ2v) is 2.79. The summed E-state index contributed by atoms with van der Waals surface area (Å²) in [6, 6.07) is 0. The van der Waals surface area contributed by atoms with Crippen LogP contribution in [0.4, 0.5) is 0 Å². The van der Waals surface area contributed by atoms with Crippen molar-refractivity contribution in [1.82, 2.24) is 0 Å². The van der Waals surface area contributed by atoms with Gasteiger partial charge in [-0.25, -0.2) is 0 Å². The largest absolute Gasteiger partial charge is 0.387 e. The number of rotatable bonds is 1. The molecule has 0 saturated carbocycles. The van der Waals surface area contributed by atoms with Gasteiger partial charge in [0, 0.05) is 0 Å². The number of ether oxygens (including phenoxy) is 1. The molecule has 1 unspecified atom stereocenters. The molecule has 1 rings (SSSR count). The number of hydrogen-bond donors (Lipinski definition) is 4. The molecular weight excluding hydrogens is 176 g/mol. The van der Waals surface area contributed by atoms with E-state index in [0.717, 1.165) is 0 Å². The first-order valence-corrected chi connectivity index (χ1v) is 3.49. The Hall–Kier alpha value is 0.0900. The zero-order valence-electron chi connectivity index (χ0n) is 5.46. The topological polar surface area (TPSA) is 90.2 Å². The lowest BCUT2D eigenvalue weighted by molar-refractivity contribution is -0.137. The lowest BCUT2D eigenvalue weighted by atomic mass is 10.1. The van der Waals surface area contributed by atoms with Gasteiger partial charge in [0.1, 0.15) is 18.3 Å². The van der Waals surface area contributed by atoms with Gasteiger partial charge in [-0.2, -0.15) is 0 Å². The lowest BCUT2D eigenvalue weighted by Gasteiger charge is -2.14. The predicted molar refractivity (Wildman–Crippen MR) is 34.8 cm³/mol. The van der Waals surface area contributed by atoms with Crippen molar-refractivity contribution >= 4 is 11.6 Å². The molecule has 1 aliphatic heterocycles. The van der Waals surface area contributed by atoms with Crippen molar-refractivity contribution in [1.29, 1.82) is 0 Å². The molecule has 0 spiro atoms. The third kappa shape index (κ3) is 1.64. The number of aliphatic hydroxyl groups excluding tert-OH is 4. The van der Waals surface area contributed by atoms with Crippen molar-refractivity contribution in [3.05, 3.63) is 0 Å². The molecule has 5 nitrogen and oxygen atoms in total. The molecule has 0 radical (unpaired) electrons. The van der Waals surface area contributed by atoms with Crippen LogP contribution in [0.1, 0.15) is 0 Å². The first-order valence-electron chi connectivity index (χ1n) is 3.06. The molecule has 66 valence electrons. The van der Waals surface area contributed by atoms with Crippen LogP contribution in [-0.2, 0) is 4.74 Å². The first-order chi connectivity index (χ1) is 5.04. The highest BCUT2D eigenvalue weighted by Gasteiger charge is 2.44. The molecule has 0 amide bonds. The van der Waals surface area contributed by atoms with Gasteiger partial charge in [-0.1, -0.05) is 11.6 Å². The van der Waals surface area contributed by atoms with Crippen molar-refractivity contribution in [3.8, 4) is 0 Å². The molecule has 5 atom stereocenters. The Balaban J connectivity index is 2.59. The second kappa shape index (κ2) is 3.22. The number of alkyl halides is 1. The van der Waals surface area contributed by atoms with Crippen LogP contribution in [0.3, 0.4) is 0 Å². The molecule has 0 aromatic carbocycles. The van der Waals surface area contributed by atoms with Crippen LogP contribution in [0.2, 0.25) is 0 Å². The van der Waals surface area contributed by atoms with Crippen molar-refractivity contribution in [2.24, 2.45) is 0 Å². The maximum Gasteiger partial charge on any atom is 0.184 e. The van der Waals surface area contributed by atoms with Crippen molar-refractivity contribution < 1.29 is 25.2 Å². The third-order valence-corrected chi connectivity index (χ3v) is 1.79. The SMILES string of the molecule is OC(Cl)[C@H]1O[C@H](O)[C@H](O)[C@H]1O. The summed E-state index contributed by atoms with van der Waals surface area (Å²) < 4.78 is 4.52. The van der Waals surface area contributed by atoms with Gasteiger partial charge in [0.2, 0.25) is 0 Å². The average molecular weight is 185 g/mol. The van der Waals surface area contributed by atoms with E-state index in [9.17, 15) is 0 Å². The van der Waals surface area contributed by atoms with Gasteiger partial charge >= 0.3 is 0 Å². The highest BCUT2D eigenvalue weighted by molar-refractivity contribution is 6.19. The summed E-state index contributed by atoms with van der Waals surface area (Å²) in [6.45, 7) is 0. The summed E-state index contributed by atoms with van der Waals surface area (Å²) in [5.41, 5.74) is -1.43. The molecule has 0 bridgehead atoms. The Bertz CT molecular complexity index is 141. The fourth-order valence-corrected chi connectivity index (χ4v) is 1.12. The van der Waals surface area contributed by atoms with Crippen LogP contribution in [0, 0.1) is 0 Å². The number of hydrogen-bond acceptors (Lipinski definition) is 5. The molecule has 1 saturated heterocycles. The minimum absolute atomic E-state index is 1.14.